The monoisotopic (exact) mass is 482 g/mol. The molecule has 1 aliphatic rings. The van der Waals surface area contributed by atoms with Crippen LogP contribution in [0.5, 0.6) is 0 Å². The summed E-state index contributed by atoms with van der Waals surface area (Å²) in [7, 11) is 0. The lowest BCUT2D eigenvalue weighted by Crippen LogP contribution is -2.48. The fourth-order valence-corrected chi connectivity index (χ4v) is 5.69. The van der Waals surface area contributed by atoms with Crippen molar-refractivity contribution >= 4 is 43.5 Å². The van der Waals surface area contributed by atoms with Gasteiger partial charge in [0.1, 0.15) is 0 Å². The van der Waals surface area contributed by atoms with E-state index < -0.39 is 0 Å². The minimum Gasteiger partial charge on any atom is -0.345 e. The van der Waals surface area contributed by atoms with E-state index in [1.54, 1.807) is 22.2 Å². The van der Waals surface area contributed by atoms with E-state index in [2.05, 4.69) is 35.1 Å². The number of carbonyl (C=O) groups is 1. The minimum atomic E-state index is 0.0195. The van der Waals surface area contributed by atoms with Crippen molar-refractivity contribution in [3.8, 4) is 5.82 Å². The molecule has 0 spiro atoms. The number of thiazole rings is 1. The average Bonchev–Trinajstić information content (AvgIpc) is 3.51. The van der Waals surface area contributed by atoms with E-state index >= 15 is 0 Å². The van der Waals surface area contributed by atoms with Gasteiger partial charge in [-0.25, -0.2) is 14.6 Å². The Morgan fingerprint density at radius 2 is 1.80 bits per heavy atom. The Morgan fingerprint density at radius 1 is 0.971 bits per heavy atom. The molecule has 0 bridgehead atoms. The van der Waals surface area contributed by atoms with Crippen LogP contribution in [-0.2, 0) is 6.42 Å². The first kappa shape index (κ1) is 21.7. The van der Waals surface area contributed by atoms with Gasteiger partial charge in [0, 0.05) is 31.6 Å². The number of fused-ring (bicyclic) bond motifs is 2. The molecule has 1 saturated heterocycles. The Labute approximate surface area is 207 Å². The fraction of sp³-hybridized carbons (Fsp3) is 0.259. The molecule has 0 N–H and O–H groups in total. The van der Waals surface area contributed by atoms with Crippen LogP contribution in [0.2, 0.25) is 0 Å². The van der Waals surface area contributed by atoms with Gasteiger partial charge >= 0.3 is 0 Å². The first-order chi connectivity index (χ1) is 17.1. The number of aromatic nitrogens is 4. The highest BCUT2D eigenvalue weighted by molar-refractivity contribution is 7.22. The summed E-state index contributed by atoms with van der Waals surface area (Å²) in [5.74, 6) is 0.734. The quantitative estimate of drug-likeness (QED) is 0.366. The fourth-order valence-electron chi connectivity index (χ4n) is 4.61. The molecule has 3 aromatic heterocycles. The molecule has 7 nitrogen and oxygen atoms in total. The highest BCUT2D eigenvalue weighted by Crippen LogP contribution is 2.30. The topological polar surface area (TPSA) is 67.2 Å². The normalized spacial score (nSPS) is 14.2. The van der Waals surface area contributed by atoms with Crippen LogP contribution in [0.4, 0.5) is 5.13 Å². The molecule has 0 saturated carbocycles. The zero-order valence-electron chi connectivity index (χ0n) is 19.8. The number of hydrogen-bond acceptors (Lipinski definition) is 6. The zero-order chi connectivity index (χ0) is 23.9. The summed E-state index contributed by atoms with van der Waals surface area (Å²) in [6, 6.07) is 18.5. The lowest BCUT2D eigenvalue weighted by atomic mass is 10.2. The van der Waals surface area contributed by atoms with E-state index in [1.807, 2.05) is 48.2 Å². The van der Waals surface area contributed by atoms with Crippen LogP contribution in [0.15, 0.2) is 60.8 Å². The third kappa shape index (κ3) is 3.93. The van der Waals surface area contributed by atoms with Gasteiger partial charge in [-0.1, -0.05) is 42.5 Å². The second kappa shape index (κ2) is 8.78. The smallest absolute Gasteiger partial charge is 0.257 e. The molecule has 0 aliphatic carbocycles. The largest absolute Gasteiger partial charge is 0.345 e. The minimum absolute atomic E-state index is 0.0195. The Kier molecular flexibility index (Phi) is 5.45. The van der Waals surface area contributed by atoms with Crippen molar-refractivity contribution in [3.63, 3.8) is 0 Å². The van der Waals surface area contributed by atoms with Gasteiger partial charge in [-0.3, -0.25) is 4.79 Å². The van der Waals surface area contributed by atoms with Gasteiger partial charge < -0.3 is 9.80 Å². The Balaban J connectivity index is 1.17. The van der Waals surface area contributed by atoms with Crippen LogP contribution in [0, 0.1) is 6.92 Å². The van der Waals surface area contributed by atoms with Gasteiger partial charge in [0.2, 0.25) is 0 Å². The van der Waals surface area contributed by atoms with Crippen LogP contribution in [0.3, 0.4) is 0 Å². The number of para-hydroxylation sites is 1. The van der Waals surface area contributed by atoms with Crippen LogP contribution < -0.4 is 4.90 Å². The van der Waals surface area contributed by atoms with Crippen molar-refractivity contribution in [3.05, 3.63) is 77.6 Å². The van der Waals surface area contributed by atoms with Crippen molar-refractivity contribution in [2.45, 2.75) is 20.3 Å². The number of rotatable bonds is 4. The second-order valence-electron chi connectivity index (χ2n) is 8.85. The Morgan fingerprint density at radius 3 is 2.63 bits per heavy atom. The second-order valence-corrected chi connectivity index (χ2v) is 9.86. The van der Waals surface area contributed by atoms with E-state index in [4.69, 9.17) is 9.97 Å². The SMILES string of the molecule is CCc1ccc2nc(N3CCN(C(=O)c4cnn(-c5ccc6ccccc6n5)c4C)CC3)sc2c1. The summed E-state index contributed by atoms with van der Waals surface area (Å²) in [5.41, 5.74) is 4.72. The summed E-state index contributed by atoms with van der Waals surface area (Å²) in [6.45, 7) is 6.96. The lowest BCUT2D eigenvalue weighted by Gasteiger charge is -2.34. The molecule has 0 unspecified atom stereocenters. The summed E-state index contributed by atoms with van der Waals surface area (Å²) in [6.07, 6.45) is 2.69. The summed E-state index contributed by atoms with van der Waals surface area (Å²) >= 11 is 1.73. The maximum absolute atomic E-state index is 13.4. The first-order valence-electron chi connectivity index (χ1n) is 11.9. The van der Waals surface area contributed by atoms with Crippen molar-refractivity contribution < 1.29 is 4.79 Å². The highest BCUT2D eigenvalue weighted by Gasteiger charge is 2.26. The molecule has 0 radical (unpaired) electrons. The van der Waals surface area contributed by atoms with E-state index in [0.717, 1.165) is 46.8 Å². The Bertz CT molecular complexity index is 1550. The van der Waals surface area contributed by atoms with Crippen LogP contribution in [-0.4, -0.2) is 56.7 Å². The number of benzene rings is 2. The third-order valence-electron chi connectivity index (χ3n) is 6.73. The molecule has 5 aromatic rings. The van der Waals surface area contributed by atoms with Gasteiger partial charge in [-0.2, -0.15) is 5.10 Å². The molecule has 1 amide bonds. The van der Waals surface area contributed by atoms with E-state index in [1.165, 1.54) is 10.3 Å². The molecule has 1 aliphatic heterocycles. The lowest BCUT2D eigenvalue weighted by molar-refractivity contribution is 0.0746. The van der Waals surface area contributed by atoms with E-state index in [-0.39, 0.29) is 5.91 Å². The van der Waals surface area contributed by atoms with Crippen LogP contribution >= 0.6 is 11.3 Å². The number of amides is 1. The number of anilines is 1. The number of hydrogen-bond donors (Lipinski definition) is 0. The molecule has 4 heterocycles. The standard InChI is InChI=1S/C27H26N6OS/c1-3-19-8-10-23-24(16-19)35-27(30-23)32-14-12-31(13-15-32)26(34)21-17-28-33(18(21)2)25-11-9-20-6-4-5-7-22(20)29-25/h4-11,16-17H,3,12-15H2,1-2H3. The molecule has 1 fully saturated rings. The molecular weight excluding hydrogens is 456 g/mol. The summed E-state index contributed by atoms with van der Waals surface area (Å²) < 4.78 is 2.98. The van der Waals surface area contributed by atoms with Crippen LogP contribution in [0.25, 0.3) is 26.9 Å². The van der Waals surface area contributed by atoms with Crippen molar-refractivity contribution in [2.24, 2.45) is 0 Å². The number of aryl methyl sites for hydroxylation is 1. The molecule has 0 atom stereocenters. The first-order valence-corrected chi connectivity index (χ1v) is 12.8. The molecule has 176 valence electrons. The molecule has 6 rings (SSSR count). The number of pyridine rings is 1. The van der Waals surface area contributed by atoms with Gasteiger partial charge in [0.15, 0.2) is 10.9 Å². The molecule has 2 aromatic carbocycles. The number of carbonyl (C=O) groups excluding carboxylic acids is 1. The molecular formula is C27H26N6OS. The average molecular weight is 483 g/mol. The van der Waals surface area contributed by atoms with Gasteiger partial charge in [-0.05, 0) is 49.2 Å². The number of piperazine rings is 1. The van der Waals surface area contributed by atoms with Gasteiger partial charge in [0.25, 0.3) is 5.91 Å². The zero-order valence-corrected chi connectivity index (χ0v) is 20.6. The summed E-state index contributed by atoms with van der Waals surface area (Å²) in [5, 5.41) is 6.61. The van der Waals surface area contributed by atoms with E-state index in [9.17, 15) is 4.79 Å². The maximum Gasteiger partial charge on any atom is 0.257 e. The van der Waals surface area contributed by atoms with Gasteiger partial charge in [-0.15, -0.1) is 0 Å². The Hall–Kier alpha value is -3.78. The van der Waals surface area contributed by atoms with Crippen molar-refractivity contribution in [2.75, 3.05) is 31.1 Å². The molecule has 35 heavy (non-hydrogen) atoms. The number of nitrogens with zero attached hydrogens (tertiary/aromatic N) is 6. The van der Waals surface area contributed by atoms with Crippen LogP contribution in [0.1, 0.15) is 28.5 Å². The third-order valence-corrected chi connectivity index (χ3v) is 7.81. The molecule has 8 heteroatoms. The van der Waals surface area contributed by atoms with Gasteiger partial charge in [0.05, 0.1) is 33.2 Å². The van der Waals surface area contributed by atoms with E-state index in [0.29, 0.717) is 24.5 Å². The van der Waals surface area contributed by atoms with Crippen molar-refractivity contribution in [1.82, 2.24) is 24.6 Å². The summed E-state index contributed by atoms with van der Waals surface area (Å²) in [4.78, 5) is 27.1. The van der Waals surface area contributed by atoms with Crippen molar-refractivity contribution in [1.29, 1.82) is 0 Å². The predicted molar refractivity (Wildman–Crippen MR) is 141 cm³/mol. The predicted octanol–water partition coefficient (Wildman–Crippen LogP) is 4.86. The highest BCUT2D eigenvalue weighted by atomic mass is 32.1. The maximum atomic E-state index is 13.4.